The Kier molecular flexibility index (Phi) is 4.49. The fourth-order valence-electron chi connectivity index (χ4n) is 1.89. The number of benzene rings is 2. The highest BCUT2D eigenvalue weighted by Crippen LogP contribution is 2.49. The van der Waals surface area contributed by atoms with Crippen LogP contribution in [0.3, 0.4) is 0 Å². The van der Waals surface area contributed by atoms with E-state index in [2.05, 4.69) is 15.9 Å². The van der Waals surface area contributed by atoms with Crippen molar-refractivity contribution in [2.75, 3.05) is 0 Å². The molecule has 0 saturated carbocycles. The largest absolute Gasteiger partial charge is 0.416 e. The third-order valence-electron chi connectivity index (χ3n) is 3.18. The van der Waals surface area contributed by atoms with Crippen LogP contribution >= 0.6 is 15.9 Å². The summed E-state index contributed by atoms with van der Waals surface area (Å²) in [4.78, 5) is 0. The van der Waals surface area contributed by atoms with Crippen LogP contribution in [-0.4, -0.2) is 0 Å². The zero-order chi connectivity index (χ0) is 17.5. The molecule has 0 aromatic heterocycles. The van der Waals surface area contributed by atoms with Crippen LogP contribution in [0.25, 0.3) is 0 Å². The molecule has 0 unspecified atom stereocenters. The summed E-state index contributed by atoms with van der Waals surface area (Å²) in [6.07, 6.45) is -4.73. The van der Waals surface area contributed by atoms with Crippen molar-refractivity contribution < 1.29 is 30.7 Å². The minimum atomic E-state index is -4.73. The SMILES string of the molecule is FC(F)(F)c1ccc(C(F)(F)C(F)(F)c2ccc(Br)cc2)cc1. The lowest BCUT2D eigenvalue weighted by atomic mass is 9.95. The van der Waals surface area contributed by atoms with E-state index >= 15 is 0 Å². The van der Waals surface area contributed by atoms with Crippen LogP contribution in [0.4, 0.5) is 30.7 Å². The maximum absolute atomic E-state index is 14.1. The van der Waals surface area contributed by atoms with Crippen molar-refractivity contribution in [2.24, 2.45) is 0 Å². The standard InChI is InChI=1S/C15H8BrF7/c16-12-7-5-10(6-8-12)14(19,20)13(17,18)9-1-3-11(4-2-9)15(21,22)23/h1-8H. The van der Waals surface area contributed by atoms with Gasteiger partial charge in [-0.05, 0) is 24.3 Å². The second-order valence-corrected chi connectivity index (χ2v) is 5.65. The molecule has 0 fully saturated rings. The van der Waals surface area contributed by atoms with Crippen molar-refractivity contribution in [3.8, 4) is 0 Å². The summed E-state index contributed by atoms with van der Waals surface area (Å²) in [5, 5.41) is 0. The van der Waals surface area contributed by atoms with Gasteiger partial charge in [0.2, 0.25) is 0 Å². The van der Waals surface area contributed by atoms with Gasteiger partial charge in [-0.2, -0.15) is 30.7 Å². The zero-order valence-corrected chi connectivity index (χ0v) is 12.7. The number of hydrogen-bond acceptors (Lipinski definition) is 0. The van der Waals surface area contributed by atoms with Gasteiger partial charge in [0.15, 0.2) is 0 Å². The van der Waals surface area contributed by atoms with Gasteiger partial charge in [0.1, 0.15) is 0 Å². The van der Waals surface area contributed by atoms with Crippen molar-refractivity contribution in [3.05, 3.63) is 69.7 Å². The predicted molar refractivity (Wildman–Crippen MR) is 73.4 cm³/mol. The monoisotopic (exact) mass is 400 g/mol. The average Bonchev–Trinajstić information content (AvgIpc) is 2.46. The molecule has 0 aliphatic rings. The van der Waals surface area contributed by atoms with Gasteiger partial charge in [0.25, 0.3) is 0 Å². The van der Waals surface area contributed by atoms with Crippen LogP contribution < -0.4 is 0 Å². The summed E-state index contributed by atoms with van der Waals surface area (Å²) in [5.41, 5.74) is -3.33. The molecule has 0 bridgehead atoms. The molecule has 2 aromatic rings. The van der Waals surface area contributed by atoms with Gasteiger partial charge < -0.3 is 0 Å². The van der Waals surface area contributed by atoms with E-state index in [1.54, 1.807) is 0 Å². The van der Waals surface area contributed by atoms with Gasteiger partial charge >= 0.3 is 18.0 Å². The van der Waals surface area contributed by atoms with Gasteiger partial charge in [-0.3, -0.25) is 0 Å². The quantitative estimate of drug-likeness (QED) is 0.526. The Balaban J connectivity index is 2.41. The van der Waals surface area contributed by atoms with Crippen LogP contribution in [0.2, 0.25) is 0 Å². The van der Waals surface area contributed by atoms with E-state index in [-0.39, 0.29) is 0 Å². The Hall–Kier alpha value is -1.57. The first-order valence-corrected chi connectivity index (χ1v) is 6.95. The van der Waals surface area contributed by atoms with E-state index in [1.807, 2.05) is 0 Å². The molecule has 0 radical (unpaired) electrons. The Morgan fingerprint density at radius 3 is 1.17 bits per heavy atom. The van der Waals surface area contributed by atoms with E-state index in [9.17, 15) is 30.7 Å². The van der Waals surface area contributed by atoms with Crippen molar-refractivity contribution in [1.29, 1.82) is 0 Å². The smallest absolute Gasteiger partial charge is 0.194 e. The van der Waals surface area contributed by atoms with E-state index in [0.717, 1.165) is 12.1 Å². The molecule has 0 atom stereocenters. The van der Waals surface area contributed by atoms with Crippen molar-refractivity contribution in [2.45, 2.75) is 18.0 Å². The van der Waals surface area contributed by atoms with Gasteiger partial charge in [0.05, 0.1) is 5.56 Å². The van der Waals surface area contributed by atoms with Gasteiger partial charge in [-0.25, -0.2) is 0 Å². The molecule has 8 heteroatoms. The summed E-state index contributed by atoms with van der Waals surface area (Å²) < 4.78 is 94.1. The summed E-state index contributed by atoms with van der Waals surface area (Å²) >= 11 is 3.00. The maximum Gasteiger partial charge on any atom is 0.416 e. The lowest BCUT2D eigenvalue weighted by Crippen LogP contribution is -2.35. The number of rotatable bonds is 3. The fraction of sp³-hybridized carbons (Fsp3) is 0.200. The van der Waals surface area contributed by atoms with Gasteiger partial charge in [-0.1, -0.05) is 40.2 Å². The molecule has 0 aliphatic carbocycles. The first-order valence-electron chi connectivity index (χ1n) is 6.15. The van der Waals surface area contributed by atoms with Crippen LogP contribution in [0, 0.1) is 0 Å². The molecule has 0 spiro atoms. The first-order chi connectivity index (χ1) is 10.5. The Morgan fingerprint density at radius 2 is 0.826 bits per heavy atom. The molecular weight excluding hydrogens is 393 g/mol. The highest BCUT2D eigenvalue weighted by Gasteiger charge is 2.58. The Morgan fingerprint density at radius 1 is 0.522 bits per heavy atom. The minimum Gasteiger partial charge on any atom is -0.194 e. The second kappa shape index (κ2) is 5.81. The van der Waals surface area contributed by atoms with E-state index in [0.29, 0.717) is 28.7 Å². The second-order valence-electron chi connectivity index (χ2n) is 4.73. The summed E-state index contributed by atoms with van der Waals surface area (Å²) in [6.45, 7) is 0. The normalized spacial score (nSPS) is 13.2. The van der Waals surface area contributed by atoms with Crippen molar-refractivity contribution >= 4 is 15.9 Å². The first kappa shape index (κ1) is 17.8. The number of halogens is 8. The zero-order valence-electron chi connectivity index (χ0n) is 11.1. The summed E-state index contributed by atoms with van der Waals surface area (Å²) in [7, 11) is 0. The lowest BCUT2D eigenvalue weighted by Gasteiger charge is -2.27. The lowest BCUT2D eigenvalue weighted by molar-refractivity contribution is -0.223. The molecule has 0 saturated heterocycles. The molecule has 0 heterocycles. The predicted octanol–water partition coefficient (Wildman–Crippen LogP) is 6.35. The summed E-state index contributed by atoms with van der Waals surface area (Å²) in [6, 6.07) is 5.40. The average molecular weight is 401 g/mol. The highest BCUT2D eigenvalue weighted by atomic mass is 79.9. The summed E-state index contributed by atoms with van der Waals surface area (Å²) in [5.74, 6) is -9.24. The molecule has 23 heavy (non-hydrogen) atoms. The van der Waals surface area contributed by atoms with E-state index in [4.69, 9.17) is 0 Å². The molecule has 0 N–H and O–H groups in total. The fourth-order valence-corrected chi connectivity index (χ4v) is 2.15. The molecule has 0 amide bonds. The molecule has 2 aromatic carbocycles. The molecule has 0 nitrogen and oxygen atoms in total. The van der Waals surface area contributed by atoms with Crippen molar-refractivity contribution in [3.63, 3.8) is 0 Å². The third kappa shape index (κ3) is 3.36. The van der Waals surface area contributed by atoms with Gasteiger partial charge in [0, 0.05) is 15.6 Å². The third-order valence-corrected chi connectivity index (χ3v) is 3.70. The van der Waals surface area contributed by atoms with E-state index in [1.165, 1.54) is 12.1 Å². The van der Waals surface area contributed by atoms with Gasteiger partial charge in [-0.15, -0.1) is 0 Å². The molecular formula is C15H8BrF7. The highest BCUT2D eigenvalue weighted by molar-refractivity contribution is 9.10. The Bertz CT molecular complexity index is 672. The van der Waals surface area contributed by atoms with Crippen LogP contribution in [0.15, 0.2) is 53.0 Å². The Labute approximate surface area is 135 Å². The molecule has 124 valence electrons. The van der Waals surface area contributed by atoms with Crippen molar-refractivity contribution in [1.82, 2.24) is 0 Å². The maximum atomic E-state index is 14.1. The van der Waals surface area contributed by atoms with Crippen LogP contribution in [0.1, 0.15) is 16.7 Å². The molecule has 0 aliphatic heterocycles. The minimum absolute atomic E-state index is 0.348. The topological polar surface area (TPSA) is 0 Å². The molecule has 2 rings (SSSR count). The number of hydrogen-bond donors (Lipinski definition) is 0. The number of alkyl halides is 7. The van der Waals surface area contributed by atoms with Crippen LogP contribution in [-0.2, 0) is 18.0 Å². The van der Waals surface area contributed by atoms with Crippen LogP contribution in [0.5, 0.6) is 0 Å². The van der Waals surface area contributed by atoms with E-state index < -0.39 is 34.7 Å².